The van der Waals surface area contributed by atoms with Gasteiger partial charge < -0.3 is 145 Å². The Labute approximate surface area is 369 Å². The summed E-state index contributed by atoms with van der Waals surface area (Å²) in [5.74, 6) is 0. The Morgan fingerprint density at radius 2 is 0.723 bits per heavy atom. The summed E-state index contributed by atoms with van der Waals surface area (Å²) in [6.07, 6.45) is -52.4. The molecule has 0 radical (unpaired) electrons. The van der Waals surface area contributed by atoms with Crippen molar-refractivity contribution >= 4 is 0 Å². The van der Waals surface area contributed by atoms with Crippen LogP contribution in [0.5, 0.6) is 0 Å². The number of rotatable bonds is 14. The van der Waals surface area contributed by atoms with Gasteiger partial charge in [-0.05, 0) is 13.8 Å². The second-order valence-electron chi connectivity index (χ2n) is 16.8. The van der Waals surface area contributed by atoms with Crippen LogP contribution in [0.15, 0.2) is 0 Å². The Morgan fingerprint density at radius 1 is 0.323 bits per heavy atom. The lowest BCUT2D eigenvalue weighted by Gasteiger charge is -2.51. The molecule has 0 aliphatic carbocycles. The summed E-state index contributed by atoms with van der Waals surface area (Å²) in [6.45, 7) is -1.16. The number of aliphatic hydroxyl groups is 17. The topological polar surface area (TPSA) is 471 Å². The van der Waals surface area contributed by atoms with Crippen LogP contribution < -0.4 is 5.73 Å². The maximum Gasteiger partial charge on any atom is 0.187 e. The van der Waals surface area contributed by atoms with Crippen LogP contribution in [0.3, 0.4) is 0 Å². The summed E-state index contributed by atoms with van der Waals surface area (Å²) < 4.78 is 63.3. The Bertz CT molecular complexity index is 1480. The van der Waals surface area contributed by atoms with Crippen LogP contribution in [0.4, 0.5) is 0 Å². The van der Waals surface area contributed by atoms with E-state index in [-0.39, 0.29) is 0 Å². The van der Waals surface area contributed by atoms with Crippen LogP contribution in [0, 0.1) is 0 Å². The van der Waals surface area contributed by atoms with E-state index in [9.17, 15) is 86.8 Å². The second kappa shape index (κ2) is 22.3. The molecule has 29 nitrogen and oxygen atoms in total. The standard InChI is InChI=1S/C36H63NO28/c1-7-14(42)18(46)23(51)33(55-7)62-27-12(6-41)60-32(64-29-17(45)10(4-39)58-35(25(29)53)61-26-11(5-40)57-31(54)22(50)21(26)49)13(37)28(27)63-36-30(20(48)16(44)9(3-38)59-36)65-34-24(52)19(47)15(43)8(2)56-34/h7-36,38-54H,3-6,37H2,1-2H3/t7-,8?,9?,10?,11?,12?,13?,14+,15+,16-,17-,18?,19-,20-,21+,22-,23?,24?,25?,26+,27+,28+,29-,30?,31?,32-,33-,34-,35-,36-/m0/s1. The fourth-order valence-corrected chi connectivity index (χ4v) is 8.43. The van der Waals surface area contributed by atoms with E-state index in [2.05, 4.69) is 0 Å². The van der Waals surface area contributed by atoms with Crippen molar-refractivity contribution in [2.45, 2.75) is 198 Å². The zero-order valence-electron chi connectivity index (χ0n) is 34.8. The number of nitrogens with two attached hydrogens (primary N) is 1. The SMILES string of the molecule is CC1O[C@@H](OC2[C@H](O[C@@H]3C(N)[C@H](O[C@@H]4C(O)[C@H](O[C@@H]5C(CO)OC(O)[C@@H](O)[C@H]5O)OC(CO)[C@@H]4O)OC(CO)[C@H]3O[C@@H]3O[C@@H](C)[C@@H](O)C(O)C3O)OC(CO)[C@H](O)[C@@H]2O)C(O)[C@@H](O)[C@@H]1O. The van der Waals surface area contributed by atoms with Gasteiger partial charge in [0.1, 0.15) is 128 Å². The molecule has 6 aliphatic heterocycles. The molecule has 0 aromatic heterocycles. The van der Waals surface area contributed by atoms with Crippen molar-refractivity contribution in [1.29, 1.82) is 0 Å². The molecular weight excluding hydrogens is 894 g/mol. The first-order chi connectivity index (χ1) is 30.7. The summed E-state index contributed by atoms with van der Waals surface area (Å²) in [4.78, 5) is 0. The Hall–Kier alpha value is -1.16. The molecule has 0 bridgehead atoms. The number of hydrogen-bond donors (Lipinski definition) is 18. The van der Waals surface area contributed by atoms with Crippen molar-refractivity contribution in [3.63, 3.8) is 0 Å². The third-order valence-electron chi connectivity index (χ3n) is 12.4. The molecule has 29 heteroatoms. The van der Waals surface area contributed by atoms with Gasteiger partial charge in [0.2, 0.25) is 0 Å². The van der Waals surface area contributed by atoms with Crippen LogP contribution in [0.2, 0.25) is 0 Å². The molecule has 6 fully saturated rings. The summed E-state index contributed by atoms with van der Waals surface area (Å²) >= 11 is 0. The van der Waals surface area contributed by atoms with Crippen molar-refractivity contribution in [2.75, 3.05) is 26.4 Å². The molecule has 0 amide bonds. The van der Waals surface area contributed by atoms with Crippen molar-refractivity contribution in [3.8, 4) is 0 Å². The van der Waals surface area contributed by atoms with Crippen molar-refractivity contribution < 1.29 is 139 Å². The number of aliphatic hydroxyl groups excluding tert-OH is 17. The summed E-state index contributed by atoms with van der Waals surface area (Å²) in [6, 6.07) is -1.80. The smallest absolute Gasteiger partial charge is 0.187 e. The van der Waals surface area contributed by atoms with E-state index in [4.69, 9.17) is 57.8 Å². The third kappa shape index (κ3) is 10.8. The monoisotopic (exact) mass is 957 g/mol. The quantitative estimate of drug-likeness (QED) is 0.0768. The van der Waals surface area contributed by atoms with Gasteiger partial charge in [-0.3, -0.25) is 0 Å². The minimum Gasteiger partial charge on any atom is -0.394 e. The molecule has 380 valence electrons. The lowest BCUT2D eigenvalue weighted by atomic mass is 9.94. The first-order valence-electron chi connectivity index (χ1n) is 20.9. The Balaban J connectivity index is 1.32. The fourth-order valence-electron chi connectivity index (χ4n) is 8.43. The first kappa shape index (κ1) is 53.2. The highest BCUT2D eigenvalue weighted by Crippen LogP contribution is 2.37. The highest BCUT2D eigenvalue weighted by molar-refractivity contribution is 5.01. The van der Waals surface area contributed by atoms with Crippen molar-refractivity contribution in [2.24, 2.45) is 5.73 Å². The summed E-state index contributed by atoms with van der Waals surface area (Å²) in [5.41, 5.74) is 6.72. The van der Waals surface area contributed by atoms with E-state index in [1.807, 2.05) is 0 Å². The average Bonchev–Trinajstić information content (AvgIpc) is 3.28. The van der Waals surface area contributed by atoms with E-state index >= 15 is 0 Å². The van der Waals surface area contributed by atoms with Crippen LogP contribution in [-0.2, 0) is 52.1 Å². The van der Waals surface area contributed by atoms with Gasteiger partial charge in [-0.1, -0.05) is 0 Å². The largest absolute Gasteiger partial charge is 0.394 e. The van der Waals surface area contributed by atoms with Crippen LogP contribution in [0.25, 0.3) is 0 Å². The maximum atomic E-state index is 11.5. The Morgan fingerprint density at radius 3 is 1.26 bits per heavy atom. The summed E-state index contributed by atoms with van der Waals surface area (Å²) in [5, 5.41) is 180. The van der Waals surface area contributed by atoms with Gasteiger partial charge >= 0.3 is 0 Å². The third-order valence-corrected chi connectivity index (χ3v) is 12.4. The van der Waals surface area contributed by atoms with E-state index < -0.39 is 211 Å². The number of hydrogen-bond acceptors (Lipinski definition) is 29. The molecular formula is C36H63NO28. The van der Waals surface area contributed by atoms with Crippen molar-refractivity contribution in [3.05, 3.63) is 0 Å². The molecule has 0 aromatic carbocycles. The van der Waals surface area contributed by atoms with Gasteiger partial charge in [-0.2, -0.15) is 0 Å². The van der Waals surface area contributed by atoms with Gasteiger partial charge in [-0.25, -0.2) is 0 Å². The van der Waals surface area contributed by atoms with E-state index in [0.29, 0.717) is 0 Å². The van der Waals surface area contributed by atoms with Crippen molar-refractivity contribution in [1.82, 2.24) is 0 Å². The first-order valence-corrected chi connectivity index (χ1v) is 20.9. The molecule has 6 aliphatic rings. The Kier molecular flexibility index (Phi) is 18.2. The zero-order chi connectivity index (χ0) is 47.9. The van der Waals surface area contributed by atoms with E-state index in [1.165, 1.54) is 13.8 Å². The molecule has 0 aromatic rings. The van der Waals surface area contributed by atoms with Crippen LogP contribution >= 0.6 is 0 Å². The van der Waals surface area contributed by atoms with E-state index in [1.54, 1.807) is 0 Å². The predicted molar refractivity (Wildman–Crippen MR) is 198 cm³/mol. The minimum absolute atomic E-state index is 0.885. The summed E-state index contributed by atoms with van der Waals surface area (Å²) in [7, 11) is 0. The zero-order valence-corrected chi connectivity index (χ0v) is 34.8. The van der Waals surface area contributed by atoms with Gasteiger partial charge in [0.25, 0.3) is 0 Å². The highest BCUT2D eigenvalue weighted by Gasteiger charge is 2.58. The van der Waals surface area contributed by atoms with Gasteiger partial charge in [-0.15, -0.1) is 0 Å². The minimum atomic E-state index is -2.13. The van der Waals surface area contributed by atoms with Crippen LogP contribution in [0.1, 0.15) is 13.8 Å². The molecule has 0 saturated carbocycles. The lowest BCUT2D eigenvalue weighted by Crippen LogP contribution is -2.70. The molecule has 0 spiro atoms. The molecule has 65 heavy (non-hydrogen) atoms. The molecule has 6 rings (SSSR count). The lowest BCUT2D eigenvalue weighted by molar-refractivity contribution is -0.399. The molecule has 6 heterocycles. The molecule has 19 N–H and O–H groups in total. The predicted octanol–water partition coefficient (Wildman–Crippen LogP) is -12.1. The molecule has 30 atom stereocenters. The molecule has 12 unspecified atom stereocenters. The van der Waals surface area contributed by atoms with E-state index in [0.717, 1.165) is 0 Å². The highest BCUT2D eigenvalue weighted by atomic mass is 16.8. The normalized spacial score (nSPS) is 54.6. The van der Waals surface area contributed by atoms with Gasteiger partial charge in [0.05, 0.1) is 44.7 Å². The molecule has 6 saturated heterocycles. The van der Waals surface area contributed by atoms with Gasteiger partial charge in [0, 0.05) is 0 Å². The second-order valence-corrected chi connectivity index (χ2v) is 16.8. The fraction of sp³-hybridized carbons (Fsp3) is 1.00. The maximum absolute atomic E-state index is 11.5. The van der Waals surface area contributed by atoms with Crippen LogP contribution in [-0.4, -0.2) is 297 Å². The number of ether oxygens (including phenoxy) is 11. The average molecular weight is 958 g/mol. The van der Waals surface area contributed by atoms with Gasteiger partial charge in [0.15, 0.2) is 37.7 Å².